The van der Waals surface area contributed by atoms with Crippen LogP contribution in [0.1, 0.15) is 5.56 Å². The summed E-state index contributed by atoms with van der Waals surface area (Å²) in [5.74, 6) is -15.1. The van der Waals surface area contributed by atoms with Crippen LogP contribution in [-0.2, 0) is 0 Å². The van der Waals surface area contributed by atoms with Crippen LogP contribution in [0.4, 0.5) is 35.1 Å². The van der Waals surface area contributed by atoms with Gasteiger partial charge in [0.25, 0.3) is 0 Å². The van der Waals surface area contributed by atoms with E-state index in [4.69, 9.17) is 0 Å². The second-order valence-corrected chi connectivity index (χ2v) is 4.32. The van der Waals surface area contributed by atoms with Gasteiger partial charge in [-0.15, -0.1) is 0 Å². The molecule has 0 spiro atoms. The maximum Gasteiger partial charge on any atom is 0.207 e. The van der Waals surface area contributed by atoms with Gasteiger partial charge >= 0.3 is 0 Å². The monoisotopic (exact) mass is 323 g/mol. The molecule has 2 aromatic carbocycles. The molecule has 0 N–H and O–H groups in total. The van der Waals surface area contributed by atoms with Crippen LogP contribution in [0.15, 0.2) is 6.07 Å². The van der Waals surface area contributed by atoms with Gasteiger partial charge in [-0.2, -0.15) is 0 Å². The van der Waals surface area contributed by atoms with Crippen molar-refractivity contribution in [3.05, 3.63) is 58.2 Å². The predicted molar refractivity (Wildman–Crippen MR) is 62.3 cm³/mol. The van der Waals surface area contributed by atoms with Gasteiger partial charge < -0.3 is 0 Å². The smallest absolute Gasteiger partial charge is 0.207 e. The molecular formula is C13H4BF8. The average Bonchev–Trinajstić information content (AvgIpc) is 2.48. The normalized spacial score (nSPS) is 11.0. The van der Waals surface area contributed by atoms with E-state index >= 15 is 0 Å². The fraction of sp³-hybridized carbons (Fsp3) is 0.0769. The second kappa shape index (κ2) is 5.62. The lowest BCUT2D eigenvalue weighted by atomic mass is 9.62. The number of benzene rings is 2. The Labute approximate surface area is 119 Å². The zero-order valence-electron chi connectivity index (χ0n) is 10.7. The maximum atomic E-state index is 13.6. The standard InChI is InChI=1S/C13H4BF8/c1-3-8(17)12(21)7(13(22)9(3)18)14-6-4(15)2-5(16)10(19)11(6)20/h2H,1H3. The fourth-order valence-corrected chi connectivity index (χ4v) is 1.74. The van der Waals surface area contributed by atoms with E-state index in [2.05, 4.69) is 0 Å². The molecule has 0 saturated carbocycles. The van der Waals surface area contributed by atoms with Gasteiger partial charge in [-0.25, -0.2) is 35.1 Å². The second-order valence-electron chi connectivity index (χ2n) is 4.32. The van der Waals surface area contributed by atoms with Crippen molar-refractivity contribution in [2.24, 2.45) is 0 Å². The molecule has 0 aromatic heterocycles. The lowest BCUT2D eigenvalue weighted by molar-refractivity contribution is 0.440. The summed E-state index contributed by atoms with van der Waals surface area (Å²) < 4.78 is 107. The summed E-state index contributed by atoms with van der Waals surface area (Å²) in [6.45, 7) is 0.749. The largest absolute Gasteiger partial charge is 0.207 e. The highest BCUT2D eigenvalue weighted by Gasteiger charge is 2.27. The van der Waals surface area contributed by atoms with Crippen LogP contribution in [0.25, 0.3) is 0 Å². The summed E-state index contributed by atoms with van der Waals surface area (Å²) in [6.07, 6.45) is 0. The van der Waals surface area contributed by atoms with Crippen LogP contribution in [0.5, 0.6) is 0 Å². The zero-order valence-corrected chi connectivity index (χ0v) is 10.7. The Hall–Kier alpha value is -2.06. The fourth-order valence-electron chi connectivity index (χ4n) is 1.74. The molecule has 0 unspecified atom stereocenters. The first kappa shape index (κ1) is 16.3. The predicted octanol–water partition coefficient (Wildman–Crippen LogP) is 2.76. The van der Waals surface area contributed by atoms with Crippen molar-refractivity contribution in [1.82, 2.24) is 0 Å². The quantitative estimate of drug-likeness (QED) is 0.345. The molecular weight excluding hydrogens is 319 g/mol. The molecule has 0 aliphatic carbocycles. The lowest BCUT2D eigenvalue weighted by Crippen LogP contribution is -2.38. The zero-order chi connectivity index (χ0) is 16.8. The Kier molecular flexibility index (Phi) is 4.17. The number of hydrogen-bond acceptors (Lipinski definition) is 0. The van der Waals surface area contributed by atoms with Crippen LogP contribution in [0.3, 0.4) is 0 Å². The third kappa shape index (κ3) is 2.44. The summed E-state index contributed by atoms with van der Waals surface area (Å²) in [5.41, 5.74) is -3.80. The van der Waals surface area contributed by atoms with Crippen LogP contribution >= 0.6 is 0 Å². The molecule has 2 aromatic rings. The minimum absolute atomic E-state index is 0.0173. The van der Waals surface area contributed by atoms with Gasteiger partial charge in [0.05, 0.1) is 0 Å². The van der Waals surface area contributed by atoms with E-state index in [0.717, 1.165) is 6.92 Å². The van der Waals surface area contributed by atoms with Crippen molar-refractivity contribution in [2.75, 3.05) is 0 Å². The van der Waals surface area contributed by atoms with Crippen LogP contribution in [0, 0.1) is 53.5 Å². The van der Waals surface area contributed by atoms with Gasteiger partial charge in [0.1, 0.15) is 5.82 Å². The molecule has 0 aliphatic rings. The van der Waals surface area contributed by atoms with Crippen LogP contribution in [-0.4, -0.2) is 7.28 Å². The summed E-state index contributed by atoms with van der Waals surface area (Å²) in [6, 6.07) is -0.0685. The molecule has 115 valence electrons. The summed E-state index contributed by atoms with van der Waals surface area (Å²) in [4.78, 5) is 0. The molecule has 0 aliphatic heterocycles. The molecule has 0 amide bonds. The third-order valence-electron chi connectivity index (χ3n) is 2.96. The molecule has 0 nitrogen and oxygen atoms in total. The van der Waals surface area contributed by atoms with Crippen molar-refractivity contribution >= 4 is 18.2 Å². The first-order valence-corrected chi connectivity index (χ1v) is 5.67. The molecule has 0 fully saturated rings. The number of rotatable bonds is 2. The molecule has 0 atom stereocenters. The summed E-state index contributed by atoms with van der Waals surface area (Å²) in [5, 5.41) is 0. The molecule has 0 bridgehead atoms. The molecule has 0 heterocycles. The van der Waals surface area contributed by atoms with Gasteiger partial charge in [-0.1, -0.05) is 0 Å². The van der Waals surface area contributed by atoms with Crippen LogP contribution < -0.4 is 10.9 Å². The maximum absolute atomic E-state index is 13.6. The highest BCUT2D eigenvalue weighted by atomic mass is 19.2. The highest BCUT2D eigenvalue weighted by molar-refractivity contribution is 6.67. The summed E-state index contributed by atoms with van der Waals surface area (Å²) >= 11 is 0. The van der Waals surface area contributed by atoms with Gasteiger partial charge in [0, 0.05) is 11.6 Å². The van der Waals surface area contributed by atoms with Gasteiger partial charge in [0.2, 0.25) is 7.28 Å². The third-order valence-corrected chi connectivity index (χ3v) is 2.96. The Morgan fingerprint density at radius 2 is 1.05 bits per heavy atom. The first-order chi connectivity index (χ1) is 10.2. The molecule has 1 radical (unpaired) electrons. The minimum Gasteiger partial charge on any atom is -0.207 e. The number of hydrogen-bond donors (Lipinski definition) is 0. The molecule has 22 heavy (non-hydrogen) atoms. The van der Waals surface area contributed by atoms with Crippen molar-refractivity contribution in [3.63, 3.8) is 0 Å². The van der Waals surface area contributed by atoms with E-state index in [1.807, 2.05) is 0 Å². The molecule has 0 saturated heterocycles. The Morgan fingerprint density at radius 1 is 0.591 bits per heavy atom. The van der Waals surface area contributed by atoms with E-state index in [9.17, 15) is 35.1 Å². The Morgan fingerprint density at radius 3 is 1.55 bits per heavy atom. The van der Waals surface area contributed by atoms with Crippen molar-refractivity contribution in [3.8, 4) is 0 Å². The SMILES string of the molecule is Cc1c(F)c(F)c([B]c2c(F)cc(F)c(F)c2F)c(F)c1F. The highest BCUT2D eigenvalue weighted by Crippen LogP contribution is 2.17. The van der Waals surface area contributed by atoms with Gasteiger partial charge in [0.15, 0.2) is 40.7 Å². The lowest BCUT2D eigenvalue weighted by Gasteiger charge is -2.11. The van der Waals surface area contributed by atoms with Crippen molar-refractivity contribution in [2.45, 2.75) is 6.92 Å². The van der Waals surface area contributed by atoms with Crippen molar-refractivity contribution in [1.29, 1.82) is 0 Å². The van der Waals surface area contributed by atoms with Crippen LogP contribution in [0.2, 0.25) is 0 Å². The summed E-state index contributed by atoms with van der Waals surface area (Å²) in [7, 11) is 0.0173. The molecule has 2 rings (SSSR count). The van der Waals surface area contributed by atoms with E-state index in [1.165, 1.54) is 0 Å². The topological polar surface area (TPSA) is 0 Å². The molecule has 9 heteroatoms. The van der Waals surface area contributed by atoms with E-state index in [-0.39, 0.29) is 13.3 Å². The van der Waals surface area contributed by atoms with Gasteiger partial charge in [-0.3, -0.25) is 0 Å². The van der Waals surface area contributed by atoms with E-state index in [1.54, 1.807) is 0 Å². The Bertz CT molecular complexity index is 743. The number of halogens is 8. The first-order valence-electron chi connectivity index (χ1n) is 5.67. The van der Waals surface area contributed by atoms with Gasteiger partial charge in [-0.05, 0) is 17.8 Å². The van der Waals surface area contributed by atoms with E-state index < -0.39 is 63.0 Å². The van der Waals surface area contributed by atoms with Crippen molar-refractivity contribution < 1.29 is 35.1 Å². The Balaban J connectivity index is 2.66. The van der Waals surface area contributed by atoms with E-state index in [0.29, 0.717) is 0 Å². The minimum atomic E-state index is -2.10. The average molecular weight is 323 g/mol.